The van der Waals surface area contributed by atoms with Crippen molar-refractivity contribution < 1.29 is 4.79 Å². The Bertz CT molecular complexity index is 631. The Morgan fingerprint density at radius 1 is 1.32 bits per heavy atom. The molecule has 0 saturated carbocycles. The maximum Gasteiger partial charge on any atom is 0.254 e. The van der Waals surface area contributed by atoms with Crippen LogP contribution in [0.25, 0.3) is 5.69 Å². The van der Waals surface area contributed by atoms with Crippen LogP contribution in [0.2, 0.25) is 0 Å². The molecule has 19 heavy (non-hydrogen) atoms. The minimum atomic E-state index is -0.434. The smallest absolute Gasteiger partial charge is 0.254 e. The van der Waals surface area contributed by atoms with Gasteiger partial charge < -0.3 is 5.32 Å². The Hall–Kier alpha value is -2.63. The highest BCUT2D eigenvalue weighted by Crippen LogP contribution is 2.17. The Labute approximate surface area is 110 Å². The fraction of sp³-hybridized carbons (Fsp3) is 0.154. The zero-order chi connectivity index (χ0) is 13.2. The number of para-hydroxylation sites is 1. The van der Waals surface area contributed by atoms with Gasteiger partial charge in [-0.25, -0.2) is 4.68 Å². The fourth-order valence-corrected chi connectivity index (χ4v) is 1.99. The van der Waals surface area contributed by atoms with Crippen LogP contribution in [0.1, 0.15) is 11.6 Å². The fourth-order valence-electron chi connectivity index (χ4n) is 1.99. The second-order valence-electron chi connectivity index (χ2n) is 4.19. The summed E-state index contributed by atoms with van der Waals surface area (Å²) in [6.07, 6.45) is 3.52. The van der Waals surface area contributed by atoms with Gasteiger partial charge in [-0.1, -0.05) is 18.2 Å². The molecule has 96 valence electrons. The summed E-state index contributed by atoms with van der Waals surface area (Å²) < 4.78 is 1.74. The Balaban J connectivity index is 1.88. The number of rotatable bonds is 2. The highest BCUT2D eigenvalue weighted by Gasteiger charge is 2.30. The first-order valence-electron chi connectivity index (χ1n) is 5.92. The first kappa shape index (κ1) is 11.5. The SMILES string of the molecule is CN=C1NC(=O)C(c2cnn(-c3ccccc3)c2)N1. The third-order valence-electron chi connectivity index (χ3n) is 2.97. The van der Waals surface area contributed by atoms with E-state index in [4.69, 9.17) is 0 Å². The predicted octanol–water partition coefficient (Wildman–Crippen LogP) is 0.619. The lowest BCUT2D eigenvalue weighted by Crippen LogP contribution is -2.24. The van der Waals surface area contributed by atoms with E-state index >= 15 is 0 Å². The van der Waals surface area contributed by atoms with Crippen LogP contribution < -0.4 is 10.6 Å². The summed E-state index contributed by atoms with van der Waals surface area (Å²) >= 11 is 0. The molecule has 1 fully saturated rings. The summed E-state index contributed by atoms with van der Waals surface area (Å²) in [5.41, 5.74) is 1.76. The Morgan fingerprint density at radius 2 is 2.11 bits per heavy atom. The largest absolute Gasteiger partial charge is 0.340 e. The molecule has 1 aliphatic heterocycles. The summed E-state index contributed by atoms with van der Waals surface area (Å²) in [4.78, 5) is 15.7. The first-order chi connectivity index (χ1) is 9.28. The monoisotopic (exact) mass is 255 g/mol. The minimum absolute atomic E-state index is 0.117. The highest BCUT2D eigenvalue weighted by molar-refractivity contribution is 6.06. The van der Waals surface area contributed by atoms with Crippen LogP contribution in [0.4, 0.5) is 0 Å². The van der Waals surface area contributed by atoms with Gasteiger partial charge in [-0.05, 0) is 12.1 Å². The standard InChI is InChI=1S/C13H13N5O/c1-14-13-16-11(12(19)17-13)9-7-15-18(8-9)10-5-3-2-4-6-10/h2-8,11H,1H3,(H2,14,16,17,19). The maximum absolute atomic E-state index is 11.8. The lowest BCUT2D eigenvalue weighted by atomic mass is 10.2. The second kappa shape index (κ2) is 4.56. The van der Waals surface area contributed by atoms with Crippen LogP contribution in [0.5, 0.6) is 0 Å². The van der Waals surface area contributed by atoms with Crippen molar-refractivity contribution in [1.82, 2.24) is 20.4 Å². The molecule has 0 radical (unpaired) electrons. The number of carbonyl (C=O) groups is 1. The van der Waals surface area contributed by atoms with Gasteiger partial charge in [0.25, 0.3) is 5.91 Å². The number of hydrogen-bond donors (Lipinski definition) is 2. The van der Waals surface area contributed by atoms with Crippen LogP contribution in [0.3, 0.4) is 0 Å². The predicted molar refractivity (Wildman–Crippen MR) is 70.9 cm³/mol. The van der Waals surface area contributed by atoms with E-state index in [1.807, 2.05) is 36.5 Å². The molecule has 1 aromatic heterocycles. The number of amides is 1. The molecule has 1 aliphatic rings. The van der Waals surface area contributed by atoms with E-state index in [0.29, 0.717) is 5.96 Å². The summed E-state index contributed by atoms with van der Waals surface area (Å²) in [5.74, 6) is 0.371. The van der Waals surface area contributed by atoms with Crippen molar-refractivity contribution in [3.8, 4) is 5.69 Å². The summed E-state index contributed by atoms with van der Waals surface area (Å²) in [5, 5.41) is 9.94. The molecule has 6 heteroatoms. The van der Waals surface area contributed by atoms with Gasteiger partial charge in [-0.15, -0.1) is 0 Å². The van der Waals surface area contributed by atoms with Crippen molar-refractivity contribution >= 4 is 11.9 Å². The van der Waals surface area contributed by atoms with Gasteiger partial charge in [0.05, 0.1) is 11.9 Å². The van der Waals surface area contributed by atoms with Crippen molar-refractivity contribution in [2.45, 2.75) is 6.04 Å². The lowest BCUT2D eigenvalue weighted by molar-refractivity contribution is -0.120. The van der Waals surface area contributed by atoms with Gasteiger partial charge >= 0.3 is 0 Å². The molecular weight excluding hydrogens is 242 g/mol. The van der Waals surface area contributed by atoms with E-state index < -0.39 is 6.04 Å². The van der Waals surface area contributed by atoms with E-state index in [9.17, 15) is 4.79 Å². The number of benzene rings is 1. The number of hydrogen-bond acceptors (Lipinski definition) is 3. The first-order valence-corrected chi connectivity index (χ1v) is 5.92. The maximum atomic E-state index is 11.8. The van der Waals surface area contributed by atoms with Gasteiger partial charge in [0.2, 0.25) is 0 Å². The topological polar surface area (TPSA) is 71.3 Å². The zero-order valence-electron chi connectivity index (χ0n) is 10.4. The van der Waals surface area contributed by atoms with Crippen LogP contribution in [-0.4, -0.2) is 28.7 Å². The molecule has 1 aromatic carbocycles. The number of carbonyl (C=O) groups excluding carboxylic acids is 1. The van der Waals surface area contributed by atoms with E-state index in [1.54, 1.807) is 17.9 Å². The molecule has 2 aromatic rings. The van der Waals surface area contributed by atoms with E-state index in [-0.39, 0.29) is 5.91 Å². The van der Waals surface area contributed by atoms with E-state index in [1.165, 1.54) is 0 Å². The Kier molecular flexibility index (Phi) is 2.75. The molecule has 1 amide bonds. The van der Waals surface area contributed by atoms with Crippen LogP contribution in [0, 0.1) is 0 Å². The van der Waals surface area contributed by atoms with Crippen molar-refractivity contribution in [3.05, 3.63) is 48.3 Å². The molecule has 1 atom stereocenters. The minimum Gasteiger partial charge on any atom is -0.340 e. The molecule has 1 saturated heterocycles. The van der Waals surface area contributed by atoms with E-state index in [2.05, 4.69) is 20.7 Å². The molecule has 2 N–H and O–H groups in total. The van der Waals surface area contributed by atoms with Crippen molar-refractivity contribution in [2.75, 3.05) is 7.05 Å². The van der Waals surface area contributed by atoms with Crippen molar-refractivity contribution in [1.29, 1.82) is 0 Å². The third-order valence-corrected chi connectivity index (χ3v) is 2.97. The lowest BCUT2D eigenvalue weighted by Gasteiger charge is -2.03. The molecular formula is C13H13N5O. The molecule has 0 aliphatic carbocycles. The van der Waals surface area contributed by atoms with Crippen LogP contribution in [-0.2, 0) is 4.79 Å². The molecule has 1 unspecified atom stereocenters. The molecule has 2 heterocycles. The summed E-state index contributed by atoms with van der Waals surface area (Å²) in [6.45, 7) is 0. The van der Waals surface area contributed by atoms with Crippen molar-refractivity contribution in [3.63, 3.8) is 0 Å². The number of nitrogens with zero attached hydrogens (tertiary/aromatic N) is 3. The summed E-state index contributed by atoms with van der Waals surface area (Å²) in [7, 11) is 1.62. The highest BCUT2D eigenvalue weighted by atomic mass is 16.2. The number of aliphatic imine (C=N–C) groups is 1. The molecule has 3 rings (SSSR count). The molecule has 0 bridgehead atoms. The third kappa shape index (κ3) is 2.08. The van der Waals surface area contributed by atoms with Gasteiger partial charge in [-0.2, -0.15) is 5.10 Å². The number of nitrogens with one attached hydrogen (secondary N) is 2. The van der Waals surface area contributed by atoms with Crippen LogP contribution in [0.15, 0.2) is 47.7 Å². The van der Waals surface area contributed by atoms with Crippen LogP contribution >= 0.6 is 0 Å². The van der Waals surface area contributed by atoms with Gasteiger partial charge in [0.1, 0.15) is 6.04 Å². The number of guanidine groups is 1. The van der Waals surface area contributed by atoms with Gasteiger partial charge in [-0.3, -0.25) is 15.1 Å². The Morgan fingerprint density at radius 3 is 2.79 bits per heavy atom. The van der Waals surface area contributed by atoms with E-state index in [0.717, 1.165) is 11.3 Å². The average Bonchev–Trinajstić information content (AvgIpc) is 3.06. The second-order valence-corrected chi connectivity index (χ2v) is 4.19. The summed E-state index contributed by atoms with van der Waals surface area (Å²) in [6, 6.07) is 9.31. The van der Waals surface area contributed by atoms with Gasteiger partial charge in [0.15, 0.2) is 5.96 Å². The number of aromatic nitrogens is 2. The van der Waals surface area contributed by atoms with Crippen molar-refractivity contribution in [2.24, 2.45) is 4.99 Å². The zero-order valence-corrected chi connectivity index (χ0v) is 10.4. The average molecular weight is 255 g/mol. The molecule has 0 spiro atoms. The quantitative estimate of drug-likeness (QED) is 0.826. The van der Waals surface area contributed by atoms with Gasteiger partial charge in [0, 0.05) is 18.8 Å². The normalized spacial score (nSPS) is 20.4. The molecule has 6 nitrogen and oxygen atoms in total.